The number of rotatable bonds is 9. The minimum absolute atomic E-state index is 0.0451. The molecule has 3 atom stereocenters. The highest BCUT2D eigenvalue weighted by Crippen LogP contribution is 2.39. The first-order chi connectivity index (χ1) is 12.6. The van der Waals surface area contributed by atoms with E-state index in [1.807, 2.05) is 6.92 Å². The fourth-order valence-electron chi connectivity index (χ4n) is 3.02. The van der Waals surface area contributed by atoms with E-state index < -0.39 is 12.3 Å². The van der Waals surface area contributed by atoms with Crippen LogP contribution in [-0.4, -0.2) is 37.2 Å². The number of aliphatic hydroxyl groups is 1. The summed E-state index contributed by atoms with van der Waals surface area (Å²) >= 11 is 0. The number of esters is 1. The van der Waals surface area contributed by atoms with E-state index in [1.54, 1.807) is 18.2 Å². The van der Waals surface area contributed by atoms with Gasteiger partial charge in [0, 0.05) is 25.0 Å². The number of hydrogen-bond acceptors (Lipinski definition) is 5. The van der Waals surface area contributed by atoms with Gasteiger partial charge in [0.25, 0.3) is 0 Å². The van der Waals surface area contributed by atoms with Crippen LogP contribution in [-0.2, 0) is 19.0 Å². The van der Waals surface area contributed by atoms with Crippen molar-refractivity contribution in [3.8, 4) is 0 Å². The molecule has 0 aromatic heterocycles. The summed E-state index contributed by atoms with van der Waals surface area (Å²) in [5.41, 5.74) is 0.844. The number of halogens is 1. The maximum atomic E-state index is 13.3. The van der Waals surface area contributed by atoms with Crippen molar-refractivity contribution in [1.29, 1.82) is 0 Å². The highest BCUT2D eigenvalue weighted by molar-refractivity contribution is 5.86. The normalized spacial score (nSPS) is 22.3. The van der Waals surface area contributed by atoms with Crippen molar-refractivity contribution in [2.24, 2.45) is 5.92 Å². The minimum Gasteiger partial charge on any atom is -0.457 e. The second-order valence-corrected chi connectivity index (χ2v) is 5.97. The molecule has 0 fully saturated rings. The molecule has 1 heterocycles. The second kappa shape index (κ2) is 10.1. The van der Waals surface area contributed by atoms with Crippen molar-refractivity contribution in [2.45, 2.75) is 32.0 Å². The molecule has 142 valence electrons. The Morgan fingerprint density at radius 1 is 1.38 bits per heavy atom. The van der Waals surface area contributed by atoms with Gasteiger partial charge in [-0.3, -0.25) is 0 Å². The van der Waals surface area contributed by atoms with Gasteiger partial charge in [0.15, 0.2) is 0 Å². The molecule has 1 aliphatic rings. The van der Waals surface area contributed by atoms with Gasteiger partial charge < -0.3 is 19.3 Å². The number of carbonyl (C=O) groups excluding carboxylic acids is 1. The standard InChI is InChI=1S/C20H25FO5/c1-3-12-25-19(23)18-13-17(14-7-9-15(21)10-8-14)16(6-5-11-22)20(26-18)24-4-2/h3,7-10,13,16-17,20,22H,1,4-6,11-12H2,2H3/t16-,17+,20+/m0/s1. The third-order valence-electron chi connectivity index (χ3n) is 4.20. The zero-order valence-electron chi connectivity index (χ0n) is 14.9. The van der Waals surface area contributed by atoms with Crippen LogP contribution in [0.15, 0.2) is 48.8 Å². The first kappa shape index (κ1) is 20.1. The molecule has 1 N–H and O–H groups in total. The maximum absolute atomic E-state index is 13.3. The summed E-state index contributed by atoms with van der Waals surface area (Å²) in [7, 11) is 0. The molecular formula is C20H25FO5. The van der Waals surface area contributed by atoms with Gasteiger partial charge in [0.1, 0.15) is 12.4 Å². The van der Waals surface area contributed by atoms with Crippen LogP contribution in [0.3, 0.4) is 0 Å². The summed E-state index contributed by atoms with van der Waals surface area (Å²) in [6.07, 6.45) is 3.71. The number of ether oxygens (including phenoxy) is 3. The quantitative estimate of drug-likeness (QED) is 0.538. The Balaban J connectivity index is 2.36. The highest BCUT2D eigenvalue weighted by atomic mass is 19.1. The fraction of sp³-hybridized carbons (Fsp3) is 0.450. The molecule has 0 bridgehead atoms. The summed E-state index contributed by atoms with van der Waals surface area (Å²) < 4.78 is 29.8. The van der Waals surface area contributed by atoms with E-state index in [1.165, 1.54) is 18.2 Å². The maximum Gasteiger partial charge on any atom is 0.373 e. The van der Waals surface area contributed by atoms with Gasteiger partial charge >= 0.3 is 5.97 Å². The third-order valence-corrected chi connectivity index (χ3v) is 4.20. The summed E-state index contributed by atoms with van der Waals surface area (Å²) in [6, 6.07) is 6.13. The Kier molecular flexibility index (Phi) is 7.81. The molecule has 1 aliphatic heterocycles. The number of aliphatic hydroxyl groups excluding tert-OH is 1. The van der Waals surface area contributed by atoms with E-state index in [9.17, 15) is 14.3 Å². The van der Waals surface area contributed by atoms with Gasteiger partial charge in [0.05, 0.1) is 0 Å². The van der Waals surface area contributed by atoms with Crippen LogP contribution >= 0.6 is 0 Å². The van der Waals surface area contributed by atoms with Crippen LogP contribution in [0.2, 0.25) is 0 Å². The van der Waals surface area contributed by atoms with E-state index in [0.29, 0.717) is 19.4 Å². The molecule has 26 heavy (non-hydrogen) atoms. The molecule has 6 heteroatoms. The van der Waals surface area contributed by atoms with E-state index in [4.69, 9.17) is 14.2 Å². The van der Waals surface area contributed by atoms with Gasteiger partial charge in [-0.25, -0.2) is 9.18 Å². The summed E-state index contributed by atoms with van der Waals surface area (Å²) in [5.74, 6) is -1.20. The first-order valence-electron chi connectivity index (χ1n) is 8.75. The monoisotopic (exact) mass is 364 g/mol. The van der Waals surface area contributed by atoms with Gasteiger partial charge in [-0.2, -0.15) is 0 Å². The fourth-order valence-corrected chi connectivity index (χ4v) is 3.02. The summed E-state index contributed by atoms with van der Waals surface area (Å²) in [4.78, 5) is 12.2. The van der Waals surface area contributed by atoms with Crippen LogP contribution in [0.25, 0.3) is 0 Å². The smallest absolute Gasteiger partial charge is 0.373 e. The lowest BCUT2D eigenvalue weighted by Gasteiger charge is -2.36. The van der Waals surface area contributed by atoms with Crippen LogP contribution in [0.5, 0.6) is 0 Å². The lowest BCUT2D eigenvalue weighted by atomic mass is 9.80. The number of carbonyl (C=O) groups is 1. The van der Waals surface area contributed by atoms with Crippen LogP contribution < -0.4 is 0 Å². The first-order valence-corrected chi connectivity index (χ1v) is 8.75. The Morgan fingerprint density at radius 2 is 2.12 bits per heavy atom. The van der Waals surface area contributed by atoms with Crippen LogP contribution in [0, 0.1) is 11.7 Å². The van der Waals surface area contributed by atoms with Crippen LogP contribution in [0.4, 0.5) is 4.39 Å². The minimum atomic E-state index is -0.655. The van der Waals surface area contributed by atoms with Crippen molar-refractivity contribution < 1.29 is 28.5 Å². The van der Waals surface area contributed by atoms with Crippen LogP contribution in [0.1, 0.15) is 31.2 Å². The number of hydrogen-bond donors (Lipinski definition) is 1. The highest BCUT2D eigenvalue weighted by Gasteiger charge is 2.38. The molecular weight excluding hydrogens is 339 g/mol. The van der Waals surface area contributed by atoms with Crippen molar-refractivity contribution >= 4 is 5.97 Å². The predicted octanol–water partition coefficient (Wildman–Crippen LogP) is 3.30. The zero-order valence-corrected chi connectivity index (χ0v) is 14.9. The molecule has 0 unspecified atom stereocenters. The molecule has 0 radical (unpaired) electrons. The van der Waals surface area contributed by atoms with E-state index in [2.05, 4.69) is 6.58 Å². The van der Waals surface area contributed by atoms with Gasteiger partial charge in [-0.15, -0.1) is 0 Å². The summed E-state index contributed by atoms with van der Waals surface area (Å²) in [5, 5.41) is 9.21. The Hall–Kier alpha value is -2.18. The lowest BCUT2D eigenvalue weighted by molar-refractivity contribution is -0.175. The number of allylic oxidation sites excluding steroid dienone is 1. The molecule has 2 rings (SSSR count). The SMILES string of the molecule is C=CCOC(=O)C1=C[C@H](c2ccc(F)cc2)[C@H](CCCO)[C@H](OCC)O1. The molecule has 0 aliphatic carbocycles. The van der Waals surface area contributed by atoms with E-state index in [0.717, 1.165) is 5.56 Å². The van der Waals surface area contributed by atoms with Crippen molar-refractivity contribution in [2.75, 3.05) is 19.8 Å². The van der Waals surface area contributed by atoms with Gasteiger partial charge in [0.2, 0.25) is 12.0 Å². The molecule has 1 aromatic rings. The molecule has 0 spiro atoms. The third kappa shape index (κ3) is 5.16. The topological polar surface area (TPSA) is 65.0 Å². The van der Waals surface area contributed by atoms with Gasteiger partial charge in [-0.1, -0.05) is 24.8 Å². The molecule has 5 nitrogen and oxygen atoms in total. The molecule has 0 saturated heterocycles. The Labute approximate surface area is 153 Å². The average Bonchev–Trinajstić information content (AvgIpc) is 2.65. The molecule has 1 aromatic carbocycles. The summed E-state index contributed by atoms with van der Waals surface area (Å²) in [6.45, 7) is 5.89. The average molecular weight is 364 g/mol. The lowest BCUT2D eigenvalue weighted by Crippen LogP contribution is -2.36. The second-order valence-electron chi connectivity index (χ2n) is 5.97. The molecule has 0 saturated carbocycles. The van der Waals surface area contributed by atoms with Crippen molar-refractivity contribution in [3.63, 3.8) is 0 Å². The largest absolute Gasteiger partial charge is 0.457 e. The Bertz CT molecular complexity index is 626. The van der Waals surface area contributed by atoms with Crippen molar-refractivity contribution in [1.82, 2.24) is 0 Å². The van der Waals surface area contributed by atoms with E-state index in [-0.39, 0.29) is 36.6 Å². The molecule has 0 amide bonds. The van der Waals surface area contributed by atoms with E-state index >= 15 is 0 Å². The number of benzene rings is 1. The Morgan fingerprint density at radius 3 is 2.73 bits per heavy atom. The zero-order chi connectivity index (χ0) is 18.9. The van der Waals surface area contributed by atoms with Crippen molar-refractivity contribution in [3.05, 3.63) is 60.1 Å². The predicted molar refractivity (Wildman–Crippen MR) is 94.7 cm³/mol. The van der Waals surface area contributed by atoms with Gasteiger partial charge in [-0.05, 0) is 43.5 Å².